The summed E-state index contributed by atoms with van der Waals surface area (Å²) in [5.41, 5.74) is 2.55. The van der Waals surface area contributed by atoms with E-state index in [0.29, 0.717) is 36.9 Å². The van der Waals surface area contributed by atoms with E-state index in [1.807, 2.05) is 0 Å². The number of halogens is 1. The fourth-order valence-electron chi connectivity index (χ4n) is 3.72. The molecule has 7 heteroatoms. The van der Waals surface area contributed by atoms with Crippen molar-refractivity contribution >= 4 is 27.5 Å². The van der Waals surface area contributed by atoms with Crippen LogP contribution in [0.15, 0.2) is 53.4 Å². The van der Waals surface area contributed by atoms with E-state index < -0.39 is 16.1 Å². The second-order valence-corrected chi connectivity index (χ2v) is 10.3. The summed E-state index contributed by atoms with van der Waals surface area (Å²) in [6.07, 6.45) is 2.89. The maximum Gasteiger partial charge on any atom is 0.243 e. The monoisotopic (exact) mass is 448 g/mol. The molecule has 1 aliphatic rings. The maximum atomic E-state index is 13.0. The Morgan fingerprint density at radius 1 is 1.13 bits per heavy atom. The number of benzene rings is 2. The number of nitrogens with one attached hydrogen (secondary N) is 1. The number of carbonyl (C=O) groups excluding carboxylic acids is 1. The first-order valence-electron chi connectivity index (χ1n) is 10.4. The summed E-state index contributed by atoms with van der Waals surface area (Å²) in [6, 6.07) is 14.0. The predicted octanol–water partition coefficient (Wildman–Crippen LogP) is 4.37. The number of nitrogens with zero attached hydrogens (tertiary/aromatic N) is 1. The fourth-order valence-corrected chi connectivity index (χ4v) is 5.51. The zero-order valence-electron chi connectivity index (χ0n) is 17.5. The van der Waals surface area contributed by atoms with Gasteiger partial charge in [0.25, 0.3) is 0 Å². The second-order valence-electron chi connectivity index (χ2n) is 8.02. The van der Waals surface area contributed by atoms with E-state index >= 15 is 0 Å². The van der Waals surface area contributed by atoms with E-state index in [1.165, 1.54) is 27.6 Å². The number of hydrogen-bond acceptors (Lipinski definition) is 3. The SMILES string of the molecule is CC(C)c1ccc(CCCNC(=O)C2CCCN2S(=O)(=O)c2ccc(Cl)cc2)cc1. The highest BCUT2D eigenvalue weighted by molar-refractivity contribution is 7.89. The van der Waals surface area contributed by atoms with Crippen molar-refractivity contribution in [3.8, 4) is 0 Å². The quantitative estimate of drug-likeness (QED) is 0.610. The molecular weight excluding hydrogens is 420 g/mol. The normalized spacial score (nSPS) is 17.4. The van der Waals surface area contributed by atoms with Crippen LogP contribution in [0.4, 0.5) is 0 Å². The van der Waals surface area contributed by atoms with E-state index in [1.54, 1.807) is 12.1 Å². The van der Waals surface area contributed by atoms with E-state index in [-0.39, 0.29) is 10.8 Å². The Labute approximate surface area is 184 Å². The third-order valence-corrected chi connectivity index (χ3v) is 7.69. The van der Waals surface area contributed by atoms with Gasteiger partial charge in [0.2, 0.25) is 15.9 Å². The van der Waals surface area contributed by atoms with Gasteiger partial charge in [-0.2, -0.15) is 4.31 Å². The number of carbonyl (C=O) groups is 1. The van der Waals surface area contributed by atoms with Crippen molar-refractivity contribution in [2.24, 2.45) is 0 Å². The lowest BCUT2D eigenvalue weighted by atomic mass is 10.0. The van der Waals surface area contributed by atoms with Gasteiger partial charge in [-0.25, -0.2) is 8.42 Å². The Morgan fingerprint density at radius 3 is 2.43 bits per heavy atom. The minimum absolute atomic E-state index is 0.163. The molecule has 0 aromatic heterocycles. The van der Waals surface area contributed by atoms with Crippen LogP contribution in [-0.4, -0.2) is 37.8 Å². The average molecular weight is 449 g/mol. The summed E-state index contributed by atoms with van der Waals surface area (Å²) >= 11 is 5.86. The summed E-state index contributed by atoms with van der Waals surface area (Å²) < 4.78 is 27.2. The zero-order chi connectivity index (χ0) is 21.7. The lowest BCUT2D eigenvalue weighted by molar-refractivity contribution is -0.124. The summed E-state index contributed by atoms with van der Waals surface area (Å²) in [5, 5.41) is 3.40. The van der Waals surface area contributed by atoms with Gasteiger partial charge in [0.1, 0.15) is 6.04 Å². The minimum atomic E-state index is -3.72. The summed E-state index contributed by atoms with van der Waals surface area (Å²) in [7, 11) is -3.72. The van der Waals surface area contributed by atoms with Crippen LogP contribution >= 0.6 is 11.6 Å². The molecule has 2 aromatic rings. The Kier molecular flexibility index (Phi) is 7.55. The lowest BCUT2D eigenvalue weighted by Crippen LogP contribution is -2.46. The summed E-state index contributed by atoms with van der Waals surface area (Å²) in [5.74, 6) is 0.289. The maximum absolute atomic E-state index is 13.0. The van der Waals surface area contributed by atoms with Gasteiger partial charge in [0.15, 0.2) is 0 Å². The van der Waals surface area contributed by atoms with Crippen molar-refractivity contribution in [1.29, 1.82) is 0 Å². The molecule has 1 saturated heterocycles. The van der Waals surface area contributed by atoms with Crippen LogP contribution in [0.25, 0.3) is 0 Å². The highest BCUT2D eigenvalue weighted by Gasteiger charge is 2.39. The molecule has 1 unspecified atom stereocenters. The van der Waals surface area contributed by atoms with Crippen LogP contribution in [0.1, 0.15) is 50.2 Å². The second kappa shape index (κ2) is 9.94. The molecule has 0 spiro atoms. The molecule has 0 radical (unpaired) electrons. The summed E-state index contributed by atoms with van der Waals surface area (Å²) in [6.45, 7) is 5.22. The largest absolute Gasteiger partial charge is 0.355 e. The Hall–Kier alpha value is -1.89. The first-order chi connectivity index (χ1) is 14.3. The number of rotatable bonds is 8. The molecular formula is C23H29ClN2O3S. The van der Waals surface area contributed by atoms with Crippen molar-refractivity contribution in [1.82, 2.24) is 9.62 Å². The molecule has 0 bridgehead atoms. The van der Waals surface area contributed by atoms with Crippen molar-refractivity contribution in [3.63, 3.8) is 0 Å². The van der Waals surface area contributed by atoms with Gasteiger partial charge in [-0.3, -0.25) is 4.79 Å². The first kappa shape index (κ1) is 22.8. The highest BCUT2D eigenvalue weighted by Crippen LogP contribution is 2.27. The lowest BCUT2D eigenvalue weighted by Gasteiger charge is -2.23. The van der Waals surface area contributed by atoms with Crippen LogP contribution in [0.2, 0.25) is 5.02 Å². The molecule has 162 valence electrons. The number of aryl methyl sites for hydroxylation is 1. The van der Waals surface area contributed by atoms with Gasteiger partial charge in [-0.1, -0.05) is 49.7 Å². The molecule has 0 saturated carbocycles. The van der Waals surface area contributed by atoms with Crippen LogP contribution in [-0.2, 0) is 21.2 Å². The zero-order valence-corrected chi connectivity index (χ0v) is 19.0. The van der Waals surface area contributed by atoms with Crippen LogP contribution in [0, 0.1) is 0 Å². The van der Waals surface area contributed by atoms with E-state index in [9.17, 15) is 13.2 Å². The Morgan fingerprint density at radius 2 is 1.80 bits per heavy atom. The third kappa shape index (κ3) is 5.42. The predicted molar refractivity (Wildman–Crippen MR) is 120 cm³/mol. The average Bonchev–Trinajstić information content (AvgIpc) is 3.23. The standard InChI is InChI=1S/C23H29ClN2O3S/c1-17(2)19-9-7-18(8-10-19)5-3-15-25-23(27)22-6-4-16-26(22)30(28,29)21-13-11-20(24)12-14-21/h7-14,17,22H,3-6,15-16H2,1-2H3,(H,25,27). The van der Waals surface area contributed by atoms with Gasteiger partial charge in [-0.05, 0) is 67.0 Å². The van der Waals surface area contributed by atoms with E-state index in [4.69, 9.17) is 11.6 Å². The van der Waals surface area contributed by atoms with Gasteiger partial charge in [0, 0.05) is 18.1 Å². The molecule has 2 aromatic carbocycles. The highest BCUT2D eigenvalue weighted by atomic mass is 35.5. The molecule has 1 heterocycles. The Bertz CT molecular complexity index is 957. The van der Waals surface area contributed by atoms with Crippen molar-refractivity contribution in [2.45, 2.75) is 56.4 Å². The molecule has 30 heavy (non-hydrogen) atoms. The third-order valence-electron chi connectivity index (χ3n) is 5.51. The van der Waals surface area contributed by atoms with Crippen LogP contribution < -0.4 is 5.32 Å². The Balaban J connectivity index is 1.53. The number of amides is 1. The molecule has 1 atom stereocenters. The molecule has 1 aliphatic heterocycles. The number of hydrogen-bond donors (Lipinski definition) is 1. The van der Waals surface area contributed by atoms with Gasteiger partial charge < -0.3 is 5.32 Å². The van der Waals surface area contributed by atoms with E-state index in [0.717, 1.165) is 12.8 Å². The summed E-state index contributed by atoms with van der Waals surface area (Å²) in [4.78, 5) is 12.8. The molecule has 0 aliphatic carbocycles. The van der Waals surface area contributed by atoms with Crippen molar-refractivity contribution in [3.05, 3.63) is 64.7 Å². The molecule has 1 fully saturated rings. The topological polar surface area (TPSA) is 66.5 Å². The van der Waals surface area contributed by atoms with Crippen LogP contribution in [0.3, 0.4) is 0 Å². The molecule has 1 N–H and O–H groups in total. The van der Waals surface area contributed by atoms with Crippen molar-refractivity contribution in [2.75, 3.05) is 13.1 Å². The molecule has 3 rings (SSSR count). The molecule has 5 nitrogen and oxygen atoms in total. The number of sulfonamides is 1. The van der Waals surface area contributed by atoms with Gasteiger partial charge in [-0.15, -0.1) is 0 Å². The first-order valence-corrected chi connectivity index (χ1v) is 12.2. The van der Waals surface area contributed by atoms with Crippen LogP contribution in [0.5, 0.6) is 0 Å². The molecule has 1 amide bonds. The van der Waals surface area contributed by atoms with Crippen molar-refractivity contribution < 1.29 is 13.2 Å². The van der Waals surface area contributed by atoms with Gasteiger partial charge in [0.05, 0.1) is 4.90 Å². The fraction of sp³-hybridized carbons (Fsp3) is 0.435. The van der Waals surface area contributed by atoms with Gasteiger partial charge >= 0.3 is 0 Å². The smallest absolute Gasteiger partial charge is 0.243 e. The van der Waals surface area contributed by atoms with E-state index in [2.05, 4.69) is 43.4 Å². The minimum Gasteiger partial charge on any atom is -0.355 e.